The molecule has 1 N–H and O–H groups in total. The molecule has 0 fully saturated rings. The minimum atomic E-state index is -0.469. The van der Waals surface area contributed by atoms with Crippen molar-refractivity contribution in [3.05, 3.63) is 53.1 Å². The Kier molecular flexibility index (Phi) is 5.98. The lowest BCUT2D eigenvalue weighted by atomic mass is 10.1. The predicted octanol–water partition coefficient (Wildman–Crippen LogP) is 3.84. The summed E-state index contributed by atoms with van der Waals surface area (Å²) in [5.74, 6) is 0.827. The molecule has 1 atom stereocenters. The Balaban J connectivity index is 2.20. The summed E-state index contributed by atoms with van der Waals surface area (Å²) in [6.07, 6.45) is 0. The van der Waals surface area contributed by atoms with E-state index in [1.165, 1.54) is 6.07 Å². The van der Waals surface area contributed by atoms with E-state index in [1.807, 2.05) is 0 Å². The molecule has 0 aliphatic heterocycles. The monoisotopic (exact) mass is 337 g/mol. The highest BCUT2D eigenvalue weighted by atomic mass is 19.1. The molecule has 0 heterocycles. The third kappa shape index (κ3) is 3.94. The van der Waals surface area contributed by atoms with Gasteiger partial charge in [0.15, 0.2) is 11.5 Å². The van der Waals surface area contributed by atoms with Crippen LogP contribution in [0.4, 0.5) is 8.78 Å². The molecule has 24 heavy (non-hydrogen) atoms. The highest BCUT2D eigenvalue weighted by molar-refractivity contribution is 5.50. The smallest absolute Gasteiger partial charge is 0.164 e. The molecular weight excluding hydrogens is 316 g/mol. The summed E-state index contributed by atoms with van der Waals surface area (Å²) in [6, 6.07) is 6.56. The summed E-state index contributed by atoms with van der Waals surface area (Å²) in [4.78, 5) is 0. The Morgan fingerprint density at radius 1 is 0.917 bits per heavy atom. The maximum atomic E-state index is 13.8. The Morgan fingerprint density at radius 3 is 2.17 bits per heavy atom. The summed E-state index contributed by atoms with van der Waals surface area (Å²) in [7, 11) is 4.65. The molecule has 0 aromatic heterocycles. The van der Waals surface area contributed by atoms with Crippen LogP contribution in [0.2, 0.25) is 0 Å². The van der Waals surface area contributed by atoms with E-state index < -0.39 is 11.6 Å². The molecule has 0 spiro atoms. The zero-order valence-electron chi connectivity index (χ0n) is 14.2. The summed E-state index contributed by atoms with van der Waals surface area (Å²) in [5, 5.41) is 3.16. The van der Waals surface area contributed by atoms with Crippen LogP contribution in [0.15, 0.2) is 30.3 Å². The lowest BCUT2D eigenvalue weighted by Crippen LogP contribution is -2.19. The molecule has 1 unspecified atom stereocenters. The van der Waals surface area contributed by atoms with Gasteiger partial charge in [-0.2, -0.15) is 0 Å². The Bertz CT molecular complexity index is 707. The van der Waals surface area contributed by atoms with Crippen molar-refractivity contribution in [2.75, 3.05) is 21.3 Å². The molecule has 0 aliphatic carbocycles. The average Bonchev–Trinajstić information content (AvgIpc) is 2.60. The largest absolute Gasteiger partial charge is 0.496 e. The third-order valence-corrected chi connectivity index (χ3v) is 3.81. The van der Waals surface area contributed by atoms with Crippen molar-refractivity contribution in [3.63, 3.8) is 0 Å². The fourth-order valence-corrected chi connectivity index (χ4v) is 2.45. The molecule has 0 aliphatic rings. The van der Waals surface area contributed by atoms with Crippen LogP contribution in [-0.4, -0.2) is 21.3 Å². The Morgan fingerprint density at radius 2 is 1.54 bits per heavy atom. The van der Waals surface area contributed by atoms with Gasteiger partial charge in [0.05, 0.1) is 21.3 Å². The average molecular weight is 337 g/mol. The maximum Gasteiger partial charge on any atom is 0.164 e. The molecular formula is C18H21F2NO3. The van der Waals surface area contributed by atoms with E-state index in [4.69, 9.17) is 14.2 Å². The lowest BCUT2D eigenvalue weighted by Gasteiger charge is -2.18. The molecule has 0 radical (unpaired) electrons. The molecule has 2 rings (SSSR count). The van der Waals surface area contributed by atoms with Crippen LogP contribution in [-0.2, 0) is 6.54 Å². The van der Waals surface area contributed by atoms with Gasteiger partial charge in [-0.05, 0) is 31.2 Å². The number of hydrogen-bond acceptors (Lipinski definition) is 4. The van der Waals surface area contributed by atoms with E-state index in [2.05, 4.69) is 5.32 Å². The molecule has 2 aromatic carbocycles. The first-order valence-corrected chi connectivity index (χ1v) is 7.47. The minimum absolute atomic E-state index is 0.273. The molecule has 0 amide bonds. The normalized spacial score (nSPS) is 11.9. The van der Waals surface area contributed by atoms with Gasteiger partial charge >= 0.3 is 0 Å². The van der Waals surface area contributed by atoms with Crippen molar-refractivity contribution in [3.8, 4) is 17.2 Å². The summed E-state index contributed by atoms with van der Waals surface area (Å²) in [6.45, 7) is 2.16. The number of hydrogen-bond donors (Lipinski definition) is 1. The molecule has 2 aromatic rings. The molecule has 0 bridgehead atoms. The van der Waals surface area contributed by atoms with Crippen molar-refractivity contribution >= 4 is 0 Å². The van der Waals surface area contributed by atoms with Gasteiger partial charge in [-0.15, -0.1) is 0 Å². The number of rotatable bonds is 7. The van der Waals surface area contributed by atoms with Gasteiger partial charge in [0.1, 0.15) is 17.4 Å². The van der Waals surface area contributed by atoms with Gasteiger partial charge in [0.25, 0.3) is 0 Å². The van der Waals surface area contributed by atoms with Crippen LogP contribution < -0.4 is 19.5 Å². The van der Waals surface area contributed by atoms with E-state index in [0.717, 1.165) is 17.7 Å². The SMILES string of the molecule is COc1cc(OC)c(OC)cc1CNC(C)c1cc(F)ccc1F. The highest BCUT2D eigenvalue weighted by Gasteiger charge is 2.15. The number of halogens is 2. The van der Waals surface area contributed by atoms with E-state index in [9.17, 15) is 8.78 Å². The molecule has 0 saturated heterocycles. The fourth-order valence-electron chi connectivity index (χ4n) is 2.45. The van der Waals surface area contributed by atoms with Crippen LogP contribution in [0.25, 0.3) is 0 Å². The highest BCUT2D eigenvalue weighted by Crippen LogP contribution is 2.34. The second kappa shape index (κ2) is 7.97. The number of benzene rings is 2. The van der Waals surface area contributed by atoms with Gasteiger partial charge in [0.2, 0.25) is 0 Å². The third-order valence-electron chi connectivity index (χ3n) is 3.81. The number of methoxy groups -OCH3 is 3. The predicted molar refractivity (Wildman–Crippen MR) is 87.7 cm³/mol. The molecule has 4 nitrogen and oxygen atoms in total. The van der Waals surface area contributed by atoms with Crippen molar-refractivity contribution in [1.82, 2.24) is 5.32 Å². The van der Waals surface area contributed by atoms with Gasteiger partial charge in [-0.25, -0.2) is 8.78 Å². The van der Waals surface area contributed by atoms with Crippen molar-refractivity contribution in [2.45, 2.75) is 19.5 Å². The van der Waals surface area contributed by atoms with Crippen LogP contribution in [0, 0.1) is 11.6 Å². The van der Waals surface area contributed by atoms with Crippen LogP contribution >= 0.6 is 0 Å². The summed E-state index contributed by atoms with van der Waals surface area (Å²) < 4.78 is 43.1. The summed E-state index contributed by atoms with van der Waals surface area (Å²) >= 11 is 0. The fraction of sp³-hybridized carbons (Fsp3) is 0.333. The first kappa shape index (κ1) is 18.0. The molecule has 130 valence electrons. The lowest BCUT2D eigenvalue weighted by molar-refractivity contribution is 0.346. The zero-order valence-corrected chi connectivity index (χ0v) is 14.2. The van der Waals surface area contributed by atoms with Crippen molar-refractivity contribution < 1.29 is 23.0 Å². The molecule has 6 heteroatoms. The van der Waals surface area contributed by atoms with Gasteiger partial charge in [0, 0.05) is 29.8 Å². The van der Waals surface area contributed by atoms with E-state index in [1.54, 1.807) is 40.4 Å². The topological polar surface area (TPSA) is 39.7 Å². The van der Waals surface area contributed by atoms with Gasteiger partial charge < -0.3 is 19.5 Å². The zero-order chi connectivity index (χ0) is 17.7. The second-order valence-electron chi connectivity index (χ2n) is 5.29. The van der Waals surface area contributed by atoms with E-state index in [0.29, 0.717) is 23.8 Å². The Labute approximate surface area is 140 Å². The minimum Gasteiger partial charge on any atom is -0.496 e. The van der Waals surface area contributed by atoms with E-state index >= 15 is 0 Å². The van der Waals surface area contributed by atoms with Gasteiger partial charge in [-0.1, -0.05) is 0 Å². The Hall–Kier alpha value is -2.34. The van der Waals surface area contributed by atoms with Gasteiger partial charge in [-0.3, -0.25) is 0 Å². The van der Waals surface area contributed by atoms with Crippen molar-refractivity contribution in [2.24, 2.45) is 0 Å². The second-order valence-corrected chi connectivity index (χ2v) is 5.29. The quantitative estimate of drug-likeness (QED) is 0.833. The molecule has 0 saturated carbocycles. The van der Waals surface area contributed by atoms with Crippen molar-refractivity contribution in [1.29, 1.82) is 0 Å². The first-order chi connectivity index (χ1) is 11.5. The van der Waals surface area contributed by atoms with Crippen LogP contribution in [0.5, 0.6) is 17.2 Å². The summed E-state index contributed by atoms with van der Waals surface area (Å²) in [5.41, 5.74) is 1.09. The standard InChI is InChI=1S/C18H21F2NO3/c1-11(14-8-13(19)5-6-15(14)20)21-10-12-7-17(23-3)18(24-4)9-16(12)22-2/h5-9,11,21H,10H2,1-4H3. The van der Waals surface area contributed by atoms with E-state index in [-0.39, 0.29) is 11.6 Å². The van der Waals surface area contributed by atoms with Crippen LogP contribution in [0.3, 0.4) is 0 Å². The number of nitrogens with one attached hydrogen (secondary N) is 1. The number of ether oxygens (including phenoxy) is 3. The van der Waals surface area contributed by atoms with Crippen LogP contribution in [0.1, 0.15) is 24.1 Å². The first-order valence-electron chi connectivity index (χ1n) is 7.47. The maximum absolute atomic E-state index is 13.8.